The molecule has 0 amide bonds. The Balaban J connectivity index is 2.60. The number of unbranched alkanes of at least 4 members (excludes halogenated alkanes) is 1. The first-order chi connectivity index (χ1) is 6.64. The van der Waals surface area contributed by atoms with Crippen molar-refractivity contribution in [1.29, 1.82) is 0 Å². The van der Waals surface area contributed by atoms with E-state index in [0.29, 0.717) is 12.2 Å². The summed E-state index contributed by atoms with van der Waals surface area (Å²) in [6.45, 7) is 1.94. The van der Waals surface area contributed by atoms with E-state index in [9.17, 15) is 8.42 Å². The van der Waals surface area contributed by atoms with Crippen LogP contribution in [0.1, 0.15) is 19.8 Å². The summed E-state index contributed by atoms with van der Waals surface area (Å²) in [4.78, 5) is 0. The number of hydrogen-bond donors (Lipinski definition) is 0. The predicted octanol–water partition coefficient (Wildman–Crippen LogP) is 2.00. The Morgan fingerprint density at radius 2 is 2.29 bits per heavy atom. The molecule has 0 spiro atoms. The van der Waals surface area contributed by atoms with Crippen molar-refractivity contribution in [2.24, 2.45) is 0 Å². The van der Waals surface area contributed by atoms with Crippen LogP contribution in [0.15, 0.2) is 24.3 Å². The third-order valence-corrected chi connectivity index (χ3v) is 2.88. The van der Waals surface area contributed by atoms with Gasteiger partial charge in [0.1, 0.15) is 5.75 Å². The lowest BCUT2D eigenvalue weighted by Gasteiger charge is -2.05. The molecule has 1 rings (SSSR count). The summed E-state index contributed by atoms with van der Waals surface area (Å²) in [6, 6.07) is 9.22. The molecular weight excluding hydrogens is 200 g/mol. The van der Waals surface area contributed by atoms with Gasteiger partial charge in [-0.25, -0.2) is 0 Å². The Kier molecular flexibility index (Phi) is 3.95. The Morgan fingerprint density at radius 3 is 2.86 bits per heavy atom. The van der Waals surface area contributed by atoms with Gasteiger partial charge in [0.25, 0.3) is 0 Å². The monoisotopic (exact) mass is 213 g/mol. The molecule has 0 fully saturated rings. The summed E-state index contributed by atoms with van der Waals surface area (Å²) < 4.78 is 27.5. The Labute approximate surface area is 84.8 Å². The minimum atomic E-state index is -3.42. The molecule has 0 saturated carbocycles. The standard InChI is InChI=1S/C10H13O3S/c1-2-3-9-14(11,12)13-10-7-5-4-6-8-10/h4-5,7-8H,2-3,9H2,1H3. The smallest absolute Gasteiger partial charge is 0.309 e. The van der Waals surface area contributed by atoms with Gasteiger partial charge in [-0.2, -0.15) is 8.42 Å². The van der Waals surface area contributed by atoms with E-state index < -0.39 is 10.1 Å². The zero-order valence-corrected chi connectivity index (χ0v) is 8.88. The van der Waals surface area contributed by atoms with Crippen LogP contribution in [-0.2, 0) is 10.1 Å². The van der Waals surface area contributed by atoms with E-state index in [4.69, 9.17) is 4.18 Å². The van der Waals surface area contributed by atoms with Gasteiger partial charge < -0.3 is 4.18 Å². The summed E-state index contributed by atoms with van der Waals surface area (Å²) in [7, 11) is -3.42. The average molecular weight is 213 g/mol. The van der Waals surface area contributed by atoms with E-state index in [0.717, 1.165) is 6.42 Å². The Morgan fingerprint density at radius 1 is 1.50 bits per heavy atom. The zero-order valence-electron chi connectivity index (χ0n) is 8.06. The maximum Gasteiger partial charge on any atom is 0.309 e. The molecular formula is C10H13O3S. The van der Waals surface area contributed by atoms with Gasteiger partial charge in [0.05, 0.1) is 5.75 Å². The van der Waals surface area contributed by atoms with Gasteiger partial charge >= 0.3 is 10.1 Å². The maximum absolute atomic E-state index is 11.3. The van der Waals surface area contributed by atoms with Crippen molar-refractivity contribution in [3.63, 3.8) is 0 Å². The predicted molar refractivity (Wildman–Crippen MR) is 54.6 cm³/mol. The van der Waals surface area contributed by atoms with E-state index in [1.165, 1.54) is 6.07 Å². The molecule has 1 aromatic rings. The van der Waals surface area contributed by atoms with Crippen LogP contribution in [0.5, 0.6) is 5.75 Å². The molecule has 0 aliphatic heterocycles. The molecule has 0 N–H and O–H groups in total. The first-order valence-electron chi connectivity index (χ1n) is 4.52. The lowest BCUT2D eigenvalue weighted by molar-refractivity contribution is 0.483. The molecule has 0 aromatic heterocycles. The van der Waals surface area contributed by atoms with Crippen molar-refractivity contribution in [3.05, 3.63) is 30.3 Å². The lowest BCUT2D eigenvalue weighted by atomic mass is 10.3. The van der Waals surface area contributed by atoms with Crippen LogP contribution in [0.2, 0.25) is 0 Å². The average Bonchev–Trinajstić information content (AvgIpc) is 2.16. The van der Waals surface area contributed by atoms with Gasteiger partial charge in [0.15, 0.2) is 0 Å². The minimum Gasteiger partial charge on any atom is -0.382 e. The van der Waals surface area contributed by atoms with Crippen LogP contribution in [0.25, 0.3) is 0 Å². The summed E-state index contributed by atoms with van der Waals surface area (Å²) in [6.07, 6.45) is 1.46. The third kappa shape index (κ3) is 3.79. The summed E-state index contributed by atoms with van der Waals surface area (Å²) >= 11 is 0. The molecule has 0 aliphatic rings. The quantitative estimate of drug-likeness (QED) is 0.702. The molecule has 0 unspecified atom stereocenters. The highest BCUT2D eigenvalue weighted by molar-refractivity contribution is 7.87. The lowest BCUT2D eigenvalue weighted by Crippen LogP contribution is -2.13. The van der Waals surface area contributed by atoms with Crippen LogP contribution in [-0.4, -0.2) is 14.2 Å². The van der Waals surface area contributed by atoms with Crippen molar-refractivity contribution in [1.82, 2.24) is 0 Å². The molecule has 0 heterocycles. The van der Waals surface area contributed by atoms with Crippen LogP contribution in [0, 0.1) is 6.07 Å². The molecule has 1 radical (unpaired) electrons. The molecule has 0 bridgehead atoms. The van der Waals surface area contributed by atoms with Crippen molar-refractivity contribution in [2.75, 3.05) is 5.75 Å². The van der Waals surface area contributed by atoms with Crippen molar-refractivity contribution in [3.8, 4) is 5.75 Å². The largest absolute Gasteiger partial charge is 0.382 e. The molecule has 3 nitrogen and oxygen atoms in total. The van der Waals surface area contributed by atoms with E-state index in [1.807, 2.05) is 6.92 Å². The van der Waals surface area contributed by atoms with E-state index >= 15 is 0 Å². The van der Waals surface area contributed by atoms with Gasteiger partial charge in [-0.05, 0) is 24.6 Å². The van der Waals surface area contributed by atoms with Crippen molar-refractivity contribution in [2.45, 2.75) is 19.8 Å². The molecule has 77 valence electrons. The number of benzene rings is 1. The topological polar surface area (TPSA) is 43.4 Å². The fourth-order valence-electron chi connectivity index (χ4n) is 0.938. The number of hydrogen-bond acceptors (Lipinski definition) is 3. The Bertz CT molecular complexity index is 356. The van der Waals surface area contributed by atoms with E-state index in [1.54, 1.807) is 18.2 Å². The highest BCUT2D eigenvalue weighted by atomic mass is 32.2. The van der Waals surface area contributed by atoms with Crippen LogP contribution in [0.4, 0.5) is 0 Å². The third-order valence-electron chi connectivity index (χ3n) is 1.65. The van der Waals surface area contributed by atoms with E-state index in [-0.39, 0.29) is 5.75 Å². The molecule has 0 aliphatic carbocycles. The SMILES string of the molecule is CCCCS(=O)(=O)Oc1c[c]ccc1. The van der Waals surface area contributed by atoms with E-state index in [2.05, 4.69) is 6.07 Å². The highest BCUT2D eigenvalue weighted by Gasteiger charge is 2.10. The van der Waals surface area contributed by atoms with Crippen molar-refractivity contribution < 1.29 is 12.6 Å². The fraction of sp³-hybridized carbons (Fsp3) is 0.400. The second-order valence-electron chi connectivity index (χ2n) is 2.94. The van der Waals surface area contributed by atoms with Gasteiger partial charge in [-0.1, -0.05) is 25.5 Å². The zero-order chi connectivity index (χ0) is 10.4. The van der Waals surface area contributed by atoms with Gasteiger partial charge in [0, 0.05) is 0 Å². The van der Waals surface area contributed by atoms with Gasteiger partial charge in [-0.3, -0.25) is 0 Å². The minimum absolute atomic E-state index is 0.0679. The van der Waals surface area contributed by atoms with Crippen molar-refractivity contribution >= 4 is 10.1 Å². The molecule has 1 aromatic carbocycles. The molecule has 14 heavy (non-hydrogen) atoms. The fourth-order valence-corrected chi connectivity index (χ4v) is 2.06. The van der Waals surface area contributed by atoms with Gasteiger partial charge in [0.2, 0.25) is 0 Å². The second kappa shape index (κ2) is 5.00. The van der Waals surface area contributed by atoms with Crippen LogP contribution >= 0.6 is 0 Å². The molecule has 0 saturated heterocycles. The summed E-state index contributed by atoms with van der Waals surface area (Å²) in [5.41, 5.74) is 0. The van der Waals surface area contributed by atoms with Gasteiger partial charge in [-0.15, -0.1) is 0 Å². The molecule has 4 heteroatoms. The second-order valence-corrected chi connectivity index (χ2v) is 4.63. The summed E-state index contributed by atoms with van der Waals surface area (Å²) in [5.74, 6) is 0.391. The number of rotatable bonds is 5. The highest BCUT2D eigenvalue weighted by Crippen LogP contribution is 2.12. The van der Waals surface area contributed by atoms with Crippen LogP contribution in [0.3, 0.4) is 0 Å². The summed E-state index contributed by atoms with van der Waals surface area (Å²) in [5, 5.41) is 0. The first-order valence-corrected chi connectivity index (χ1v) is 6.10. The first kappa shape index (κ1) is 11.0. The van der Waals surface area contributed by atoms with Crippen LogP contribution < -0.4 is 4.18 Å². The maximum atomic E-state index is 11.3. The molecule has 0 atom stereocenters. The Hall–Kier alpha value is -1.03. The normalized spacial score (nSPS) is 11.2.